The number of aromatic nitrogens is 2. The van der Waals surface area contributed by atoms with Gasteiger partial charge in [0, 0.05) is 6.04 Å². The Kier molecular flexibility index (Phi) is 4.27. The van der Waals surface area contributed by atoms with Crippen LogP contribution in [0, 0.1) is 0 Å². The summed E-state index contributed by atoms with van der Waals surface area (Å²) in [5.41, 5.74) is 0.134. The summed E-state index contributed by atoms with van der Waals surface area (Å²) in [6, 6.07) is 1.14. The average Bonchev–Trinajstić information content (AvgIpc) is 2.35. The Bertz CT molecular complexity index is 592. The zero-order valence-corrected chi connectivity index (χ0v) is 12.1. The molecule has 104 valence electrons. The van der Waals surface area contributed by atoms with Crippen molar-refractivity contribution >= 4 is 38.9 Å². The molecule has 19 heavy (non-hydrogen) atoms. The van der Waals surface area contributed by atoms with Gasteiger partial charge in [-0.3, -0.25) is 4.79 Å². The summed E-state index contributed by atoms with van der Waals surface area (Å²) in [5, 5.41) is 9.81. The van der Waals surface area contributed by atoms with Gasteiger partial charge >= 0.3 is 0 Å². The van der Waals surface area contributed by atoms with E-state index in [2.05, 4.69) is 15.5 Å². The third-order valence-electron chi connectivity index (χ3n) is 2.85. The van der Waals surface area contributed by atoms with Gasteiger partial charge in [-0.15, -0.1) is 10.2 Å². The van der Waals surface area contributed by atoms with E-state index in [4.69, 9.17) is 23.2 Å². The Morgan fingerprint density at radius 2 is 1.89 bits per heavy atom. The molecule has 0 saturated carbocycles. The number of nitrogens with one attached hydrogen (secondary N) is 1. The second-order valence-electron chi connectivity index (χ2n) is 4.27. The van der Waals surface area contributed by atoms with Crippen LogP contribution in [0.2, 0.25) is 10.3 Å². The highest BCUT2D eigenvalue weighted by molar-refractivity contribution is 7.91. The molecule has 1 fully saturated rings. The molecule has 2 heterocycles. The maximum atomic E-state index is 12.0. The summed E-state index contributed by atoms with van der Waals surface area (Å²) in [6.45, 7) is 0. The van der Waals surface area contributed by atoms with Crippen molar-refractivity contribution in [3.05, 3.63) is 21.9 Å². The SMILES string of the molecule is O=C(NC1CCS(=O)(=O)CC1)c1cc(Cl)nnc1Cl. The summed E-state index contributed by atoms with van der Waals surface area (Å²) in [5.74, 6) is -0.256. The van der Waals surface area contributed by atoms with Crippen LogP contribution in [-0.4, -0.2) is 42.1 Å². The van der Waals surface area contributed by atoms with E-state index in [0.29, 0.717) is 12.8 Å². The van der Waals surface area contributed by atoms with Gasteiger partial charge < -0.3 is 5.32 Å². The van der Waals surface area contributed by atoms with Crippen LogP contribution in [0.4, 0.5) is 0 Å². The first-order valence-electron chi connectivity index (χ1n) is 5.57. The number of hydrogen-bond donors (Lipinski definition) is 1. The molecule has 1 aliphatic heterocycles. The van der Waals surface area contributed by atoms with Crippen molar-refractivity contribution in [2.45, 2.75) is 18.9 Å². The maximum Gasteiger partial charge on any atom is 0.254 e. The van der Waals surface area contributed by atoms with Gasteiger partial charge in [-0.2, -0.15) is 0 Å². The Labute approximate surface area is 120 Å². The topological polar surface area (TPSA) is 89.0 Å². The number of rotatable bonds is 2. The number of nitrogens with zero attached hydrogens (tertiary/aromatic N) is 2. The van der Waals surface area contributed by atoms with Crippen LogP contribution in [-0.2, 0) is 9.84 Å². The van der Waals surface area contributed by atoms with Gasteiger partial charge in [-0.25, -0.2) is 8.42 Å². The third kappa shape index (κ3) is 3.77. The van der Waals surface area contributed by atoms with Crippen molar-refractivity contribution in [3.63, 3.8) is 0 Å². The summed E-state index contributed by atoms with van der Waals surface area (Å²) < 4.78 is 22.6. The molecular formula is C10H11Cl2N3O3S. The number of amides is 1. The first-order valence-corrected chi connectivity index (χ1v) is 8.15. The molecule has 1 aromatic rings. The monoisotopic (exact) mass is 323 g/mol. The minimum atomic E-state index is -2.95. The van der Waals surface area contributed by atoms with E-state index in [9.17, 15) is 13.2 Å². The molecular weight excluding hydrogens is 313 g/mol. The van der Waals surface area contributed by atoms with Crippen molar-refractivity contribution in [1.29, 1.82) is 0 Å². The van der Waals surface area contributed by atoms with Gasteiger partial charge in [0.15, 0.2) is 10.3 Å². The first kappa shape index (κ1) is 14.5. The van der Waals surface area contributed by atoms with Crippen LogP contribution in [0.25, 0.3) is 0 Å². The fourth-order valence-electron chi connectivity index (χ4n) is 1.81. The molecule has 6 nitrogen and oxygen atoms in total. The Morgan fingerprint density at radius 1 is 1.26 bits per heavy atom. The highest BCUT2D eigenvalue weighted by atomic mass is 35.5. The molecule has 0 spiro atoms. The standard InChI is InChI=1S/C10H11Cl2N3O3S/c11-8-5-7(9(12)15-14-8)10(16)13-6-1-3-19(17,18)4-2-6/h5-6H,1-4H2,(H,13,16). The zero-order chi connectivity index (χ0) is 14.0. The molecule has 0 unspecified atom stereocenters. The summed E-state index contributed by atoms with van der Waals surface area (Å²) in [4.78, 5) is 12.0. The normalized spacial score (nSPS) is 19.1. The lowest BCUT2D eigenvalue weighted by molar-refractivity contribution is 0.0934. The highest BCUT2D eigenvalue weighted by Gasteiger charge is 2.25. The zero-order valence-electron chi connectivity index (χ0n) is 9.77. The highest BCUT2D eigenvalue weighted by Crippen LogP contribution is 2.17. The Morgan fingerprint density at radius 3 is 2.53 bits per heavy atom. The molecule has 1 N–H and O–H groups in total. The van der Waals surface area contributed by atoms with Crippen molar-refractivity contribution in [2.75, 3.05) is 11.5 Å². The number of halogens is 2. The lowest BCUT2D eigenvalue weighted by atomic mass is 10.1. The van der Waals surface area contributed by atoms with E-state index in [1.165, 1.54) is 6.07 Å². The minimum absolute atomic E-state index is 0.0367. The van der Waals surface area contributed by atoms with Crippen molar-refractivity contribution in [1.82, 2.24) is 15.5 Å². The average molecular weight is 324 g/mol. The molecule has 1 aromatic heterocycles. The minimum Gasteiger partial charge on any atom is -0.349 e. The quantitative estimate of drug-likeness (QED) is 0.880. The van der Waals surface area contributed by atoms with E-state index >= 15 is 0 Å². The molecule has 0 radical (unpaired) electrons. The number of carbonyl (C=O) groups excluding carboxylic acids is 1. The van der Waals surface area contributed by atoms with Gasteiger partial charge in [0.25, 0.3) is 5.91 Å². The van der Waals surface area contributed by atoms with E-state index in [1.807, 2.05) is 0 Å². The van der Waals surface area contributed by atoms with Gasteiger partial charge in [0.1, 0.15) is 9.84 Å². The predicted molar refractivity (Wildman–Crippen MR) is 71.2 cm³/mol. The van der Waals surface area contributed by atoms with Gasteiger partial charge in [0.2, 0.25) is 0 Å². The van der Waals surface area contributed by atoms with Crippen molar-refractivity contribution < 1.29 is 13.2 Å². The molecule has 0 aromatic carbocycles. The number of sulfone groups is 1. The van der Waals surface area contributed by atoms with Gasteiger partial charge in [-0.05, 0) is 18.9 Å². The van der Waals surface area contributed by atoms with Crippen LogP contribution in [0.5, 0.6) is 0 Å². The second kappa shape index (κ2) is 5.60. The number of carbonyl (C=O) groups is 1. The van der Waals surface area contributed by atoms with E-state index in [1.54, 1.807) is 0 Å². The predicted octanol–water partition coefficient (Wildman–Crippen LogP) is 1.09. The van der Waals surface area contributed by atoms with Crippen molar-refractivity contribution in [3.8, 4) is 0 Å². The largest absolute Gasteiger partial charge is 0.349 e. The van der Waals surface area contributed by atoms with Crippen LogP contribution >= 0.6 is 23.2 Å². The molecule has 0 aliphatic carbocycles. The fourth-order valence-corrected chi connectivity index (χ4v) is 3.63. The summed E-state index contributed by atoms with van der Waals surface area (Å²) in [7, 11) is -2.95. The molecule has 1 aliphatic rings. The van der Waals surface area contributed by atoms with Gasteiger partial charge in [-0.1, -0.05) is 23.2 Å². The Balaban J connectivity index is 2.04. The molecule has 9 heteroatoms. The smallest absolute Gasteiger partial charge is 0.254 e. The Hall–Kier alpha value is -0.920. The second-order valence-corrected chi connectivity index (χ2v) is 7.32. The molecule has 1 saturated heterocycles. The van der Waals surface area contributed by atoms with E-state index < -0.39 is 15.7 Å². The van der Waals surface area contributed by atoms with Crippen LogP contribution in [0.1, 0.15) is 23.2 Å². The molecule has 0 bridgehead atoms. The fraction of sp³-hybridized carbons (Fsp3) is 0.500. The maximum absolute atomic E-state index is 12.0. The summed E-state index contributed by atoms with van der Waals surface area (Å²) >= 11 is 11.4. The molecule has 0 atom stereocenters. The molecule has 1 amide bonds. The van der Waals surface area contributed by atoms with Crippen LogP contribution in [0.15, 0.2) is 6.07 Å². The lowest BCUT2D eigenvalue weighted by Crippen LogP contribution is -2.41. The van der Waals surface area contributed by atoms with E-state index in [0.717, 1.165) is 0 Å². The van der Waals surface area contributed by atoms with E-state index in [-0.39, 0.29) is 33.4 Å². The molecule has 2 rings (SSSR count). The third-order valence-corrected chi connectivity index (χ3v) is 5.03. The number of hydrogen-bond acceptors (Lipinski definition) is 5. The first-order chi connectivity index (χ1) is 8.87. The summed E-state index contributed by atoms with van der Waals surface area (Å²) in [6.07, 6.45) is 0.801. The van der Waals surface area contributed by atoms with Gasteiger partial charge in [0.05, 0.1) is 17.1 Å². The van der Waals surface area contributed by atoms with Crippen LogP contribution in [0.3, 0.4) is 0 Å². The lowest BCUT2D eigenvalue weighted by Gasteiger charge is -2.23. The van der Waals surface area contributed by atoms with Crippen molar-refractivity contribution in [2.24, 2.45) is 0 Å². The van der Waals surface area contributed by atoms with Crippen LogP contribution < -0.4 is 5.32 Å².